The second kappa shape index (κ2) is 4.34. The number of rotatable bonds is 3. The van der Waals surface area contributed by atoms with E-state index in [1.807, 2.05) is 0 Å². The second-order valence-electron chi connectivity index (χ2n) is 1.86. The van der Waals surface area contributed by atoms with Crippen molar-refractivity contribution in [3.8, 4) is 0 Å². The van der Waals surface area contributed by atoms with Crippen molar-refractivity contribution in [2.75, 3.05) is 0 Å². The monoisotopic (exact) mass is 177 g/mol. The summed E-state index contributed by atoms with van der Waals surface area (Å²) >= 11 is 0. The molecule has 0 spiro atoms. The maximum atomic E-state index is 10.6. The molecule has 64 valence electrons. The third kappa shape index (κ3) is 3.98. The summed E-state index contributed by atoms with van der Waals surface area (Å²) in [6.07, 6.45) is 5.75. The Labute approximate surface area is 66.1 Å². The van der Waals surface area contributed by atoms with Crippen molar-refractivity contribution in [1.82, 2.24) is 4.67 Å². The van der Waals surface area contributed by atoms with Crippen LogP contribution in [0.15, 0.2) is 24.6 Å². The first kappa shape index (κ1) is 10.4. The first-order valence-corrected chi connectivity index (χ1v) is 4.69. The molecule has 0 aliphatic rings. The maximum absolute atomic E-state index is 10.6. The van der Waals surface area contributed by atoms with E-state index in [4.69, 9.17) is 9.79 Å². The molecule has 0 rings (SSSR count). The standard InChI is InChI=1S/C6H12NO3P/c1-3-5-7(6-4-2)11(8,9)10/h3-6H,1-2H3,(H2,8,9,10). The quantitative estimate of drug-likeness (QED) is 0.640. The molecule has 0 fully saturated rings. The summed E-state index contributed by atoms with van der Waals surface area (Å²) in [5, 5.41) is 0. The van der Waals surface area contributed by atoms with Crippen LogP contribution in [0.25, 0.3) is 0 Å². The Morgan fingerprint density at radius 3 is 1.73 bits per heavy atom. The lowest BCUT2D eigenvalue weighted by atomic mass is 10.6. The predicted molar refractivity (Wildman–Crippen MR) is 43.5 cm³/mol. The third-order valence-corrected chi connectivity index (χ3v) is 1.77. The average molecular weight is 177 g/mol. The van der Waals surface area contributed by atoms with Gasteiger partial charge >= 0.3 is 7.75 Å². The van der Waals surface area contributed by atoms with Gasteiger partial charge in [-0.05, 0) is 13.8 Å². The van der Waals surface area contributed by atoms with Crippen LogP contribution >= 0.6 is 7.75 Å². The van der Waals surface area contributed by atoms with E-state index in [2.05, 4.69) is 0 Å². The molecule has 0 radical (unpaired) electrons. The zero-order valence-corrected chi connectivity index (χ0v) is 7.40. The van der Waals surface area contributed by atoms with Crippen molar-refractivity contribution in [3.63, 3.8) is 0 Å². The second-order valence-corrected chi connectivity index (χ2v) is 3.35. The highest BCUT2D eigenvalue weighted by molar-refractivity contribution is 7.49. The van der Waals surface area contributed by atoms with Gasteiger partial charge in [0.15, 0.2) is 0 Å². The summed E-state index contributed by atoms with van der Waals surface area (Å²) in [4.78, 5) is 17.3. The topological polar surface area (TPSA) is 60.8 Å². The number of nitrogens with zero attached hydrogens (tertiary/aromatic N) is 1. The highest BCUT2D eigenvalue weighted by atomic mass is 31.2. The van der Waals surface area contributed by atoms with Crippen LogP contribution in [0.5, 0.6) is 0 Å². The summed E-state index contributed by atoms with van der Waals surface area (Å²) in [5.74, 6) is 0. The van der Waals surface area contributed by atoms with Crippen LogP contribution in [0, 0.1) is 0 Å². The Morgan fingerprint density at radius 1 is 1.18 bits per heavy atom. The molecule has 0 unspecified atom stereocenters. The lowest BCUT2D eigenvalue weighted by molar-refractivity contribution is 0.329. The molecule has 0 heterocycles. The predicted octanol–water partition coefficient (Wildman–Crippen LogP) is 1.45. The summed E-state index contributed by atoms with van der Waals surface area (Å²) in [6, 6.07) is 0. The first-order valence-electron chi connectivity index (χ1n) is 3.12. The minimum atomic E-state index is -4.15. The van der Waals surface area contributed by atoms with Crippen LogP contribution in [0.3, 0.4) is 0 Å². The Hall–Kier alpha value is -0.570. The lowest BCUT2D eigenvalue weighted by Gasteiger charge is -2.15. The fraction of sp³-hybridized carbons (Fsp3) is 0.333. The van der Waals surface area contributed by atoms with E-state index in [0.29, 0.717) is 0 Å². The van der Waals surface area contributed by atoms with Crippen LogP contribution in [-0.2, 0) is 4.57 Å². The van der Waals surface area contributed by atoms with E-state index >= 15 is 0 Å². The summed E-state index contributed by atoms with van der Waals surface area (Å²) in [5.41, 5.74) is 0. The van der Waals surface area contributed by atoms with E-state index in [1.54, 1.807) is 26.0 Å². The first-order chi connectivity index (χ1) is 5.02. The third-order valence-electron chi connectivity index (χ3n) is 0.904. The van der Waals surface area contributed by atoms with Gasteiger partial charge in [-0.15, -0.1) is 0 Å². The van der Waals surface area contributed by atoms with Gasteiger partial charge in [0.05, 0.1) is 0 Å². The van der Waals surface area contributed by atoms with Crippen LogP contribution < -0.4 is 0 Å². The van der Waals surface area contributed by atoms with E-state index in [9.17, 15) is 4.57 Å². The van der Waals surface area contributed by atoms with Gasteiger partial charge in [-0.2, -0.15) is 0 Å². The molecule has 11 heavy (non-hydrogen) atoms. The normalized spacial score (nSPS) is 13.1. The van der Waals surface area contributed by atoms with Crippen molar-refractivity contribution in [3.05, 3.63) is 24.6 Å². The fourth-order valence-corrected chi connectivity index (χ4v) is 1.14. The zero-order chi connectivity index (χ0) is 8.91. The van der Waals surface area contributed by atoms with Crippen LogP contribution in [0.1, 0.15) is 13.8 Å². The van der Waals surface area contributed by atoms with Crippen molar-refractivity contribution in [2.45, 2.75) is 13.8 Å². The van der Waals surface area contributed by atoms with E-state index in [-0.39, 0.29) is 0 Å². The minimum absolute atomic E-state index is 0.854. The molecule has 2 N–H and O–H groups in total. The molecule has 0 aromatic carbocycles. The Balaban J connectivity index is 4.48. The molecular formula is C6H12NO3P. The average Bonchev–Trinajstić information content (AvgIpc) is 1.85. The number of hydrogen-bond donors (Lipinski definition) is 2. The van der Waals surface area contributed by atoms with E-state index < -0.39 is 7.75 Å². The molecule has 0 aliphatic heterocycles. The molecule has 0 atom stereocenters. The molecule has 5 heteroatoms. The molecule has 0 aliphatic carbocycles. The summed E-state index contributed by atoms with van der Waals surface area (Å²) in [7, 11) is -4.15. The van der Waals surface area contributed by atoms with Gasteiger partial charge in [0, 0.05) is 12.4 Å². The molecule has 0 bridgehead atoms. The Bertz CT molecular complexity index is 194. The molecule has 0 aromatic rings. The van der Waals surface area contributed by atoms with Gasteiger partial charge in [0.2, 0.25) is 0 Å². The number of allylic oxidation sites excluding steroid dienone is 2. The van der Waals surface area contributed by atoms with E-state index in [1.165, 1.54) is 12.4 Å². The van der Waals surface area contributed by atoms with Gasteiger partial charge in [0.25, 0.3) is 0 Å². The Kier molecular flexibility index (Phi) is 4.11. The molecule has 0 aromatic heterocycles. The van der Waals surface area contributed by atoms with Gasteiger partial charge in [-0.3, -0.25) is 4.67 Å². The lowest BCUT2D eigenvalue weighted by Crippen LogP contribution is -2.04. The molecular weight excluding hydrogens is 165 g/mol. The van der Waals surface area contributed by atoms with Gasteiger partial charge in [-0.25, -0.2) is 4.57 Å². The van der Waals surface area contributed by atoms with Crippen molar-refractivity contribution in [2.24, 2.45) is 0 Å². The fourth-order valence-electron chi connectivity index (χ4n) is 0.529. The summed E-state index contributed by atoms with van der Waals surface area (Å²) < 4.78 is 11.5. The molecule has 0 saturated heterocycles. The maximum Gasteiger partial charge on any atom is 0.433 e. The van der Waals surface area contributed by atoms with Gasteiger partial charge < -0.3 is 9.79 Å². The van der Waals surface area contributed by atoms with Crippen molar-refractivity contribution in [1.29, 1.82) is 0 Å². The minimum Gasteiger partial charge on any atom is -0.308 e. The number of hydrogen-bond acceptors (Lipinski definition) is 1. The van der Waals surface area contributed by atoms with Crippen LogP contribution in [-0.4, -0.2) is 14.5 Å². The molecule has 4 nitrogen and oxygen atoms in total. The van der Waals surface area contributed by atoms with Gasteiger partial charge in [0.1, 0.15) is 0 Å². The molecule has 0 amide bonds. The van der Waals surface area contributed by atoms with Gasteiger partial charge in [-0.1, -0.05) is 12.2 Å². The zero-order valence-electron chi connectivity index (χ0n) is 6.51. The van der Waals surface area contributed by atoms with Crippen molar-refractivity contribution >= 4 is 7.75 Å². The van der Waals surface area contributed by atoms with E-state index in [0.717, 1.165) is 4.67 Å². The van der Waals surface area contributed by atoms with Crippen molar-refractivity contribution < 1.29 is 14.4 Å². The highest BCUT2D eigenvalue weighted by Crippen LogP contribution is 2.40. The molecule has 0 saturated carbocycles. The Morgan fingerprint density at radius 2 is 1.55 bits per heavy atom. The summed E-state index contributed by atoms with van der Waals surface area (Å²) in [6.45, 7) is 3.37. The highest BCUT2D eigenvalue weighted by Gasteiger charge is 2.18. The largest absolute Gasteiger partial charge is 0.433 e. The smallest absolute Gasteiger partial charge is 0.308 e. The van der Waals surface area contributed by atoms with Crippen LogP contribution in [0.2, 0.25) is 0 Å². The SMILES string of the molecule is CC=CN(C=CC)P(=O)(O)O. The van der Waals surface area contributed by atoms with Crippen LogP contribution in [0.4, 0.5) is 0 Å².